The minimum Gasteiger partial charge on any atom is -0.320 e. The van der Waals surface area contributed by atoms with Crippen LogP contribution in [0.25, 0.3) is 0 Å². The Bertz CT molecular complexity index is 233. The Morgan fingerprint density at radius 1 is 1.33 bits per heavy atom. The van der Waals surface area contributed by atoms with Gasteiger partial charge in [0.2, 0.25) is 6.29 Å². The average Bonchev–Trinajstić information content (AvgIpc) is 2.13. The molecule has 0 aromatic heterocycles. The summed E-state index contributed by atoms with van der Waals surface area (Å²) in [5, 5.41) is 0. The van der Waals surface area contributed by atoms with E-state index >= 15 is 0 Å². The SMILES string of the molecule is CCOP(=O)(OCC)C(F)C1OC(C)O1. The maximum Gasteiger partial charge on any atom is 0.369 e. The van der Waals surface area contributed by atoms with Crippen LogP contribution in [-0.4, -0.2) is 31.7 Å². The van der Waals surface area contributed by atoms with E-state index in [9.17, 15) is 8.96 Å². The molecule has 0 amide bonds. The number of alkyl halides is 1. The van der Waals surface area contributed by atoms with Gasteiger partial charge < -0.3 is 18.5 Å². The zero-order valence-electron chi connectivity index (χ0n) is 9.01. The summed E-state index contributed by atoms with van der Waals surface area (Å²) < 4.78 is 45.0. The molecule has 0 radical (unpaired) electrons. The molecule has 0 aromatic carbocycles. The van der Waals surface area contributed by atoms with E-state index in [1.807, 2.05) is 0 Å². The molecule has 0 bridgehead atoms. The molecule has 1 heterocycles. The van der Waals surface area contributed by atoms with Gasteiger partial charge in [0.1, 0.15) is 0 Å². The first-order valence-electron chi connectivity index (χ1n) is 4.87. The van der Waals surface area contributed by atoms with Gasteiger partial charge in [-0.05, 0) is 20.8 Å². The predicted octanol–water partition coefficient (Wildman–Crippen LogP) is 2.27. The van der Waals surface area contributed by atoms with Crippen LogP contribution in [0.4, 0.5) is 4.39 Å². The molecule has 0 aliphatic carbocycles. The highest BCUT2D eigenvalue weighted by molar-refractivity contribution is 7.54. The van der Waals surface area contributed by atoms with Gasteiger partial charge in [-0.3, -0.25) is 4.57 Å². The van der Waals surface area contributed by atoms with Crippen molar-refractivity contribution in [1.82, 2.24) is 0 Å². The number of ether oxygens (including phenoxy) is 2. The quantitative estimate of drug-likeness (QED) is 0.669. The van der Waals surface area contributed by atoms with Gasteiger partial charge in [0.15, 0.2) is 6.29 Å². The molecule has 0 N–H and O–H groups in total. The minimum absolute atomic E-state index is 0.111. The molecule has 0 aromatic rings. The second kappa shape index (κ2) is 5.37. The van der Waals surface area contributed by atoms with Gasteiger partial charge in [-0.15, -0.1) is 0 Å². The Balaban J connectivity index is 2.58. The van der Waals surface area contributed by atoms with Crippen LogP contribution >= 0.6 is 7.60 Å². The molecule has 5 nitrogen and oxygen atoms in total. The van der Waals surface area contributed by atoms with E-state index in [1.54, 1.807) is 20.8 Å². The standard InChI is InChI=1S/C8H16FO5P/c1-4-11-15(10,12-5-2)7(9)8-13-6(3)14-8/h6-8H,4-5H2,1-3H3. The van der Waals surface area contributed by atoms with Crippen molar-refractivity contribution in [3.63, 3.8) is 0 Å². The second-order valence-electron chi connectivity index (χ2n) is 2.96. The molecular weight excluding hydrogens is 226 g/mol. The lowest BCUT2D eigenvalue weighted by Crippen LogP contribution is -2.45. The summed E-state index contributed by atoms with van der Waals surface area (Å²) in [6.45, 7) is 5.07. The van der Waals surface area contributed by atoms with Crippen molar-refractivity contribution < 1.29 is 27.5 Å². The highest BCUT2D eigenvalue weighted by Gasteiger charge is 2.48. The molecule has 1 aliphatic heterocycles. The Morgan fingerprint density at radius 2 is 1.80 bits per heavy atom. The molecule has 0 spiro atoms. The predicted molar refractivity (Wildman–Crippen MR) is 51.2 cm³/mol. The zero-order chi connectivity index (χ0) is 11.5. The van der Waals surface area contributed by atoms with E-state index < -0.39 is 26.1 Å². The third kappa shape index (κ3) is 2.98. The Labute approximate surface area is 88.4 Å². The van der Waals surface area contributed by atoms with Crippen LogP contribution in [0.3, 0.4) is 0 Å². The molecule has 90 valence electrons. The summed E-state index contributed by atoms with van der Waals surface area (Å²) >= 11 is 0. The van der Waals surface area contributed by atoms with E-state index in [2.05, 4.69) is 0 Å². The van der Waals surface area contributed by atoms with E-state index in [4.69, 9.17) is 18.5 Å². The maximum atomic E-state index is 13.7. The molecule has 0 saturated carbocycles. The summed E-state index contributed by atoms with van der Waals surface area (Å²) in [6.07, 6.45) is -1.62. The van der Waals surface area contributed by atoms with Crippen molar-refractivity contribution in [3.8, 4) is 0 Å². The maximum absolute atomic E-state index is 13.7. The molecule has 1 unspecified atom stereocenters. The van der Waals surface area contributed by atoms with Gasteiger partial charge in [0.25, 0.3) is 5.91 Å². The molecule has 1 rings (SSSR count). The fourth-order valence-electron chi connectivity index (χ4n) is 1.21. The van der Waals surface area contributed by atoms with Crippen LogP contribution in [0.1, 0.15) is 20.8 Å². The number of hydrogen-bond donors (Lipinski definition) is 0. The topological polar surface area (TPSA) is 54.0 Å². The third-order valence-electron chi connectivity index (χ3n) is 1.80. The highest BCUT2D eigenvalue weighted by atomic mass is 31.2. The summed E-state index contributed by atoms with van der Waals surface area (Å²) in [7, 11) is -3.77. The lowest BCUT2D eigenvalue weighted by Gasteiger charge is -2.37. The molecular formula is C8H16FO5P. The Morgan fingerprint density at radius 3 is 2.13 bits per heavy atom. The normalized spacial score (nSPS) is 28.5. The van der Waals surface area contributed by atoms with E-state index in [1.165, 1.54) is 0 Å². The van der Waals surface area contributed by atoms with Crippen LogP contribution in [-0.2, 0) is 23.1 Å². The fraction of sp³-hybridized carbons (Fsp3) is 1.00. The Kier molecular flexibility index (Phi) is 4.67. The van der Waals surface area contributed by atoms with Crippen molar-refractivity contribution in [3.05, 3.63) is 0 Å². The molecule has 7 heteroatoms. The minimum atomic E-state index is -3.77. The fourth-order valence-corrected chi connectivity index (χ4v) is 2.72. The lowest BCUT2D eigenvalue weighted by molar-refractivity contribution is -0.384. The third-order valence-corrected chi connectivity index (χ3v) is 3.88. The van der Waals surface area contributed by atoms with Crippen LogP contribution in [0, 0.1) is 0 Å². The summed E-state index contributed by atoms with van der Waals surface area (Å²) in [5.74, 6) is -1.89. The summed E-state index contributed by atoms with van der Waals surface area (Å²) in [6, 6.07) is 0. The average molecular weight is 242 g/mol. The van der Waals surface area contributed by atoms with Crippen molar-refractivity contribution in [2.75, 3.05) is 13.2 Å². The van der Waals surface area contributed by atoms with Crippen molar-refractivity contribution in [2.24, 2.45) is 0 Å². The molecule has 1 saturated heterocycles. The lowest BCUT2D eigenvalue weighted by atomic mass is 10.5. The van der Waals surface area contributed by atoms with Crippen molar-refractivity contribution in [1.29, 1.82) is 0 Å². The molecule has 1 atom stereocenters. The first kappa shape index (κ1) is 13.1. The first-order chi connectivity index (χ1) is 7.03. The van der Waals surface area contributed by atoms with E-state index in [0.29, 0.717) is 0 Å². The number of rotatable bonds is 6. The van der Waals surface area contributed by atoms with Gasteiger partial charge in [-0.1, -0.05) is 0 Å². The Hall–Kier alpha value is -0.0000000000000000139. The monoisotopic (exact) mass is 242 g/mol. The van der Waals surface area contributed by atoms with Crippen molar-refractivity contribution >= 4 is 7.60 Å². The number of hydrogen-bond acceptors (Lipinski definition) is 5. The highest BCUT2D eigenvalue weighted by Crippen LogP contribution is 2.56. The largest absolute Gasteiger partial charge is 0.369 e. The van der Waals surface area contributed by atoms with E-state index in [-0.39, 0.29) is 13.2 Å². The van der Waals surface area contributed by atoms with Gasteiger partial charge in [-0.2, -0.15) is 0 Å². The first-order valence-corrected chi connectivity index (χ1v) is 6.48. The van der Waals surface area contributed by atoms with E-state index in [0.717, 1.165) is 0 Å². The number of halogens is 1. The molecule has 15 heavy (non-hydrogen) atoms. The second-order valence-corrected chi connectivity index (χ2v) is 5.05. The van der Waals surface area contributed by atoms with Gasteiger partial charge in [-0.25, -0.2) is 4.39 Å². The summed E-state index contributed by atoms with van der Waals surface area (Å²) in [5.41, 5.74) is 0. The van der Waals surface area contributed by atoms with Crippen LogP contribution in [0.5, 0.6) is 0 Å². The molecule has 1 aliphatic rings. The van der Waals surface area contributed by atoms with Crippen LogP contribution < -0.4 is 0 Å². The van der Waals surface area contributed by atoms with Gasteiger partial charge >= 0.3 is 7.60 Å². The van der Waals surface area contributed by atoms with Crippen LogP contribution in [0.2, 0.25) is 0 Å². The smallest absolute Gasteiger partial charge is 0.320 e. The molecule has 1 fully saturated rings. The zero-order valence-corrected chi connectivity index (χ0v) is 9.91. The van der Waals surface area contributed by atoms with Crippen LogP contribution in [0.15, 0.2) is 0 Å². The van der Waals surface area contributed by atoms with Crippen molar-refractivity contribution in [2.45, 2.75) is 39.3 Å². The summed E-state index contributed by atoms with van der Waals surface area (Å²) in [4.78, 5) is 0. The van der Waals surface area contributed by atoms with Gasteiger partial charge in [0, 0.05) is 0 Å². The van der Waals surface area contributed by atoms with Gasteiger partial charge in [0.05, 0.1) is 13.2 Å².